The van der Waals surface area contributed by atoms with E-state index >= 15 is 0 Å². The van der Waals surface area contributed by atoms with Gasteiger partial charge >= 0.3 is 0 Å². The first-order chi connectivity index (χ1) is 8.43. The maximum absolute atomic E-state index is 5.91. The standard InChI is InChI=1S/C16H23Cl2P/c1-10-8-11(15(2,3)4)9-12(16(5,6)7)13(10)19-14(17)18/h8-9H,1-7H3. The van der Waals surface area contributed by atoms with Crippen LogP contribution in [0.4, 0.5) is 0 Å². The van der Waals surface area contributed by atoms with Gasteiger partial charge in [-0.3, -0.25) is 0 Å². The maximum Gasteiger partial charge on any atom is 0.133 e. The number of hydrogen-bond donors (Lipinski definition) is 0. The van der Waals surface area contributed by atoms with Gasteiger partial charge in [0.2, 0.25) is 0 Å². The number of hydrogen-bond acceptors (Lipinski definition) is 0. The van der Waals surface area contributed by atoms with E-state index < -0.39 is 0 Å². The third-order valence-corrected chi connectivity index (χ3v) is 4.66. The highest BCUT2D eigenvalue weighted by Crippen LogP contribution is 2.31. The molecule has 0 amide bonds. The van der Waals surface area contributed by atoms with Gasteiger partial charge < -0.3 is 0 Å². The second-order valence-corrected chi connectivity index (χ2v) is 9.64. The van der Waals surface area contributed by atoms with Crippen molar-refractivity contribution in [3.05, 3.63) is 28.8 Å². The van der Waals surface area contributed by atoms with Gasteiger partial charge in [-0.1, -0.05) is 76.9 Å². The first kappa shape index (κ1) is 17.0. The second-order valence-electron chi connectivity index (χ2n) is 7.04. The number of benzene rings is 1. The third-order valence-electron chi connectivity index (χ3n) is 3.17. The molecule has 0 spiro atoms. The van der Waals surface area contributed by atoms with Crippen molar-refractivity contribution in [2.24, 2.45) is 0 Å². The van der Waals surface area contributed by atoms with Crippen LogP contribution < -0.4 is 5.30 Å². The van der Waals surface area contributed by atoms with E-state index in [1.807, 2.05) is 0 Å². The van der Waals surface area contributed by atoms with Gasteiger partial charge in [0.1, 0.15) is 4.21 Å². The molecule has 0 aliphatic carbocycles. The van der Waals surface area contributed by atoms with Crippen LogP contribution in [0.3, 0.4) is 0 Å². The maximum atomic E-state index is 5.91. The first-order valence-corrected chi connectivity index (χ1v) is 8.13. The molecule has 0 saturated heterocycles. The molecule has 1 aromatic carbocycles. The van der Waals surface area contributed by atoms with Crippen LogP contribution in [0.15, 0.2) is 12.1 Å². The highest BCUT2D eigenvalue weighted by molar-refractivity contribution is 7.59. The van der Waals surface area contributed by atoms with E-state index in [1.54, 1.807) is 0 Å². The van der Waals surface area contributed by atoms with Crippen LogP contribution in [-0.2, 0) is 10.8 Å². The van der Waals surface area contributed by atoms with Crippen molar-refractivity contribution < 1.29 is 0 Å². The van der Waals surface area contributed by atoms with E-state index in [2.05, 4.69) is 60.6 Å². The SMILES string of the molecule is Cc1cc(C(C)(C)C)cc(C(C)(C)C)c1P=C(Cl)Cl. The second kappa shape index (κ2) is 5.76. The molecular formula is C16H23Cl2P. The van der Waals surface area contributed by atoms with E-state index in [0.29, 0.717) is 4.21 Å². The Labute approximate surface area is 129 Å². The molecule has 0 nitrogen and oxygen atoms in total. The van der Waals surface area contributed by atoms with Crippen molar-refractivity contribution in [1.29, 1.82) is 0 Å². The van der Waals surface area contributed by atoms with Gasteiger partial charge in [0.15, 0.2) is 0 Å². The lowest BCUT2D eigenvalue weighted by molar-refractivity contribution is 0.570. The Kier molecular flexibility index (Phi) is 5.16. The monoisotopic (exact) mass is 316 g/mol. The fourth-order valence-electron chi connectivity index (χ4n) is 2.02. The summed E-state index contributed by atoms with van der Waals surface area (Å²) in [4.78, 5) is 0. The molecule has 1 rings (SSSR count). The Morgan fingerprint density at radius 3 is 1.84 bits per heavy atom. The molecule has 0 atom stereocenters. The predicted octanol–water partition coefficient (Wildman–Crippen LogP) is 5.73. The van der Waals surface area contributed by atoms with Crippen molar-refractivity contribution in [1.82, 2.24) is 0 Å². The van der Waals surface area contributed by atoms with E-state index in [9.17, 15) is 0 Å². The van der Waals surface area contributed by atoms with Crippen molar-refractivity contribution in [3.8, 4) is 0 Å². The molecule has 0 aromatic heterocycles. The summed E-state index contributed by atoms with van der Waals surface area (Å²) in [7, 11) is 0.902. The molecular weight excluding hydrogens is 294 g/mol. The lowest BCUT2D eigenvalue weighted by atomic mass is 9.79. The van der Waals surface area contributed by atoms with Crippen molar-refractivity contribution in [2.75, 3.05) is 0 Å². The predicted molar refractivity (Wildman–Crippen MR) is 91.8 cm³/mol. The number of rotatable bonds is 1. The molecule has 0 saturated carbocycles. The Bertz CT molecular complexity index is 499. The number of aryl methyl sites for hydroxylation is 1. The molecule has 0 aliphatic rings. The highest BCUT2D eigenvalue weighted by atomic mass is 35.5. The molecule has 106 valence electrons. The summed E-state index contributed by atoms with van der Waals surface area (Å²) < 4.78 is 0.400. The zero-order valence-electron chi connectivity index (χ0n) is 12.9. The molecule has 0 unspecified atom stereocenters. The average Bonchev–Trinajstić information content (AvgIpc) is 2.16. The Morgan fingerprint density at radius 1 is 0.947 bits per heavy atom. The van der Waals surface area contributed by atoms with Crippen molar-refractivity contribution in [2.45, 2.75) is 59.3 Å². The summed E-state index contributed by atoms with van der Waals surface area (Å²) >= 11 is 11.8. The van der Waals surface area contributed by atoms with E-state index in [0.717, 1.165) is 8.20 Å². The van der Waals surface area contributed by atoms with E-state index in [-0.39, 0.29) is 10.8 Å². The van der Waals surface area contributed by atoms with Crippen molar-refractivity contribution in [3.63, 3.8) is 0 Å². The van der Waals surface area contributed by atoms with Gasteiger partial charge in [-0.2, -0.15) is 0 Å². The van der Waals surface area contributed by atoms with Gasteiger partial charge in [0.25, 0.3) is 0 Å². The van der Waals surface area contributed by atoms with Gasteiger partial charge in [-0.25, -0.2) is 0 Å². The smallest absolute Gasteiger partial charge is 0.0654 e. The Morgan fingerprint density at radius 2 is 1.47 bits per heavy atom. The molecule has 0 heterocycles. The molecule has 0 N–H and O–H groups in total. The minimum Gasteiger partial charge on any atom is -0.0654 e. The first-order valence-electron chi connectivity index (χ1n) is 6.48. The zero-order chi connectivity index (χ0) is 15.0. The Balaban J connectivity index is 3.63. The van der Waals surface area contributed by atoms with Gasteiger partial charge in [0, 0.05) is 5.30 Å². The van der Waals surface area contributed by atoms with Crippen LogP contribution in [0.1, 0.15) is 58.2 Å². The topological polar surface area (TPSA) is 0 Å². The molecule has 0 bridgehead atoms. The Hall–Kier alpha value is -0.0300. The van der Waals surface area contributed by atoms with Crippen LogP contribution >= 0.6 is 31.4 Å². The highest BCUT2D eigenvalue weighted by Gasteiger charge is 2.23. The third kappa shape index (κ3) is 4.48. The van der Waals surface area contributed by atoms with Crippen LogP contribution in [0.5, 0.6) is 0 Å². The fourth-order valence-corrected chi connectivity index (χ4v) is 3.45. The molecule has 0 fully saturated rings. The van der Waals surface area contributed by atoms with Crippen LogP contribution in [0.2, 0.25) is 0 Å². The van der Waals surface area contributed by atoms with Gasteiger partial charge in [0.05, 0.1) is 0 Å². The summed E-state index contributed by atoms with van der Waals surface area (Å²) in [6.07, 6.45) is 0. The number of halogens is 2. The summed E-state index contributed by atoms with van der Waals surface area (Å²) in [5, 5.41) is 1.24. The molecule has 19 heavy (non-hydrogen) atoms. The molecule has 3 heteroatoms. The zero-order valence-corrected chi connectivity index (χ0v) is 15.3. The fraction of sp³-hybridized carbons (Fsp3) is 0.562. The molecule has 0 radical (unpaired) electrons. The summed E-state index contributed by atoms with van der Waals surface area (Å²) in [5.74, 6) is 0. The quantitative estimate of drug-likeness (QED) is 0.581. The van der Waals surface area contributed by atoms with Crippen LogP contribution in [0, 0.1) is 6.92 Å². The summed E-state index contributed by atoms with van der Waals surface area (Å²) in [6, 6.07) is 4.57. The summed E-state index contributed by atoms with van der Waals surface area (Å²) in [5.41, 5.74) is 4.18. The van der Waals surface area contributed by atoms with Crippen LogP contribution in [-0.4, -0.2) is 4.21 Å². The summed E-state index contributed by atoms with van der Waals surface area (Å²) in [6.45, 7) is 15.6. The van der Waals surface area contributed by atoms with Gasteiger partial charge in [-0.05, 0) is 42.6 Å². The normalized spacial score (nSPS) is 12.9. The largest absolute Gasteiger partial charge is 0.133 e. The van der Waals surface area contributed by atoms with Crippen molar-refractivity contribution >= 4 is 40.9 Å². The van der Waals surface area contributed by atoms with E-state index in [1.165, 1.54) is 22.0 Å². The molecule has 1 aromatic rings. The minimum atomic E-state index is 0.0809. The van der Waals surface area contributed by atoms with E-state index in [4.69, 9.17) is 23.2 Å². The lowest BCUT2D eigenvalue weighted by Gasteiger charge is -2.28. The van der Waals surface area contributed by atoms with Crippen LogP contribution in [0.25, 0.3) is 0 Å². The average molecular weight is 317 g/mol. The minimum absolute atomic E-state index is 0.0809. The van der Waals surface area contributed by atoms with Gasteiger partial charge in [-0.15, -0.1) is 0 Å². The molecule has 0 aliphatic heterocycles. The lowest BCUT2D eigenvalue weighted by Crippen LogP contribution is -2.24.